The summed E-state index contributed by atoms with van der Waals surface area (Å²) in [5.74, 6) is -0.0170. The summed E-state index contributed by atoms with van der Waals surface area (Å²) in [5, 5.41) is 3.97. The monoisotopic (exact) mass is 370 g/mol. The fourth-order valence-corrected chi connectivity index (χ4v) is 4.07. The minimum Gasteiger partial charge on any atom is -0.354 e. The van der Waals surface area contributed by atoms with Gasteiger partial charge in [0.1, 0.15) is 0 Å². The van der Waals surface area contributed by atoms with Crippen molar-refractivity contribution in [2.75, 3.05) is 19.6 Å². The Kier molecular flexibility index (Phi) is 6.70. The van der Waals surface area contributed by atoms with Crippen LogP contribution in [0.1, 0.15) is 49.3 Å². The highest BCUT2D eigenvalue weighted by molar-refractivity contribution is 6.31. The van der Waals surface area contributed by atoms with Gasteiger partial charge in [-0.05, 0) is 49.5 Å². The minimum absolute atomic E-state index is 0.0925. The average Bonchev–Trinajstić information content (AvgIpc) is 3.19. The Labute approximate surface area is 161 Å². The van der Waals surface area contributed by atoms with Gasteiger partial charge in [0, 0.05) is 11.6 Å². The molecular weight excluding hydrogens is 344 g/mol. The number of likely N-dealkylation sites (tertiary alicyclic amines) is 1. The minimum atomic E-state index is -0.110. The van der Waals surface area contributed by atoms with Crippen molar-refractivity contribution in [2.45, 2.75) is 38.1 Å². The van der Waals surface area contributed by atoms with E-state index in [1.165, 1.54) is 12.8 Å². The standard InChI is InChI=1S/C22H27ClN2O/c1-2-18(17-10-4-3-5-11-17)22(26)24-16-21(25-14-8-9-15-25)19-12-6-7-13-20(19)23/h3-7,10-13,18,21H,2,8-9,14-16H2,1H3,(H,24,26)/t18-,21-/m0/s1. The van der Waals surface area contributed by atoms with Crippen LogP contribution in [0.2, 0.25) is 5.02 Å². The smallest absolute Gasteiger partial charge is 0.227 e. The maximum absolute atomic E-state index is 12.8. The molecule has 1 amide bonds. The molecule has 0 radical (unpaired) electrons. The normalized spacial score (nSPS) is 17.0. The molecule has 138 valence electrons. The molecule has 3 rings (SSSR count). The quantitative estimate of drug-likeness (QED) is 0.760. The second-order valence-electron chi connectivity index (χ2n) is 6.90. The fraction of sp³-hybridized carbons (Fsp3) is 0.409. The Morgan fingerprint density at radius 2 is 1.73 bits per heavy atom. The summed E-state index contributed by atoms with van der Waals surface area (Å²) < 4.78 is 0. The Hall–Kier alpha value is -1.84. The van der Waals surface area contributed by atoms with Crippen LogP contribution >= 0.6 is 11.6 Å². The number of hydrogen-bond donors (Lipinski definition) is 1. The lowest BCUT2D eigenvalue weighted by atomic mass is 9.95. The SMILES string of the molecule is CC[C@H](C(=O)NC[C@@H](c1ccccc1Cl)N1CCCC1)c1ccccc1. The molecule has 1 saturated heterocycles. The summed E-state index contributed by atoms with van der Waals surface area (Å²) in [6.45, 7) is 4.76. The molecule has 2 atom stereocenters. The van der Waals surface area contributed by atoms with Gasteiger partial charge in [-0.25, -0.2) is 0 Å². The van der Waals surface area contributed by atoms with Crippen LogP contribution in [0.25, 0.3) is 0 Å². The predicted molar refractivity (Wildman–Crippen MR) is 107 cm³/mol. The van der Waals surface area contributed by atoms with Crippen molar-refractivity contribution in [1.82, 2.24) is 10.2 Å². The van der Waals surface area contributed by atoms with Crippen LogP contribution in [-0.2, 0) is 4.79 Å². The maximum atomic E-state index is 12.8. The topological polar surface area (TPSA) is 32.3 Å². The summed E-state index contributed by atoms with van der Waals surface area (Å²) in [6.07, 6.45) is 3.20. The van der Waals surface area contributed by atoms with Gasteiger partial charge in [0.2, 0.25) is 5.91 Å². The number of rotatable bonds is 7. The van der Waals surface area contributed by atoms with Gasteiger partial charge in [-0.2, -0.15) is 0 Å². The molecule has 0 saturated carbocycles. The van der Waals surface area contributed by atoms with E-state index in [0.717, 1.165) is 35.7 Å². The number of carbonyl (C=O) groups is 1. The zero-order valence-electron chi connectivity index (χ0n) is 15.3. The van der Waals surface area contributed by atoms with Crippen molar-refractivity contribution in [2.24, 2.45) is 0 Å². The van der Waals surface area contributed by atoms with Gasteiger partial charge in [0.25, 0.3) is 0 Å². The number of benzene rings is 2. The lowest BCUT2D eigenvalue weighted by molar-refractivity contribution is -0.122. The summed E-state index contributed by atoms with van der Waals surface area (Å²) >= 11 is 6.46. The van der Waals surface area contributed by atoms with Gasteiger partial charge in [-0.3, -0.25) is 9.69 Å². The first-order valence-corrected chi connectivity index (χ1v) is 9.89. The third-order valence-corrected chi connectivity index (χ3v) is 5.59. The predicted octanol–water partition coefficient (Wildman–Crippen LogP) is 4.79. The van der Waals surface area contributed by atoms with Crippen LogP contribution < -0.4 is 5.32 Å². The van der Waals surface area contributed by atoms with Gasteiger partial charge in [0.15, 0.2) is 0 Å². The highest BCUT2D eigenvalue weighted by Gasteiger charge is 2.27. The lowest BCUT2D eigenvalue weighted by Crippen LogP contribution is -2.38. The van der Waals surface area contributed by atoms with Gasteiger partial charge in [-0.15, -0.1) is 0 Å². The van der Waals surface area contributed by atoms with E-state index in [2.05, 4.69) is 23.2 Å². The average molecular weight is 371 g/mol. The number of nitrogens with one attached hydrogen (secondary N) is 1. The Balaban J connectivity index is 1.73. The molecular formula is C22H27ClN2O. The van der Waals surface area contributed by atoms with E-state index < -0.39 is 0 Å². The third-order valence-electron chi connectivity index (χ3n) is 5.24. The zero-order chi connectivity index (χ0) is 18.4. The molecule has 0 bridgehead atoms. The summed E-state index contributed by atoms with van der Waals surface area (Å²) in [6, 6.07) is 18.1. The van der Waals surface area contributed by atoms with Crippen LogP contribution in [0.4, 0.5) is 0 Å². The van der Waals surface area contributed by atoms with Crippen LogP contribution in [0.15, 0.2) is 54.6 Å². The first-order valence-electron chi connectivity index (χ1n) is 9.51. The van der Waals surface area contributed by atoms with Crippen molar-refractivity contribution < 1.29 is 4.79 Å². The molecule has 1 aliphatic heterocycles. The third kappa shape index (κ3) is 4.46. The first-order chi connectivity index (χ1) is 12.7. The van der Waals surface area contributed by atoms with Gasteiger partial charge >= 0.3 is 0 Å². The zero-order valence-corrected chi connectivity index (χ0v) is 16.1. The molecule has 3 nitrogen and oxygen atoms in total. The molecule has 1 fully saturated rings. The lowest BCUT2D eigenvalue weighted by Gasteiger charge is -2.29. The number of nitrogens with zero attached hydrogens (tertiary/aromatic N) is 1. The Bertz CT molecular complexity index is 713. The van der Waals surface area contributed by atoms with E-state index in [1.807, 2.05) is 48.5 Å². The van der Waals surface area contributed by atoms with Crippen LogP contribution in [0, 0.1) is 0 Å². The molecule has 1 heterocycles. The molecule has 4 heteroatoms. The highest BCUT2D eigenvalue weighted by Crippen LogP contribution is 2.30. The van der Waals surface area contributed by atoms with E-state index in [9.17, 15) is 4.79 Å². The summed E-state index contributed by atoms with van der Waals surface area (Å²) in [4.78, 5) is 15.3. The highest BCUT2D eigenvalue weighted by atomic mass is 35.5. The molecule has 26 heavy (non-hydrogen) atoms. The maximum Gasteiger partial charge on any atom is 0.227 e. The van der Waals surface area contributed by atoms with Crippen molar-refractivity contribution in [3.05, 3.63) is 70.7 Å². The molecule has 0 spiro atoms. The van der Waals surface area contributed by atoms with E-state index in [1.54, 1.807) is 0 Å². The van der Waals surface area contributed by atoms with E-state index in [0.29, 0.717) is 6.54 Å². The van der Waals surface area contributed by atoms with Crippen LogP contribution in [0.5, 0.6) is 0 Å². The number of hydrogen-bond acceptors (Lipinski definition) is 2. The Morgan fingerprint density at radius 1 is 1.08 bits per heavy atom. The number of amides is 1. The van der Waals surface area contributed by atoms with E-state index in [4.69, 9.17) is 11.6 Å². The van der Waals surface area contributed by atoms with Crippen molar-refractivity contribution in [1.29, 1.82) is 0 Å². The second-order valence-corrected chi connectivity index (χ2v) is 7.30. The number of halogens is 1. The van der Waals surface area contributed by atoms with Crippen LogP contribution in [-0.4, -0.2) is 30.4 Å². The number of carbonyl (C=O) groups excluding carboxylic acids is 1. The van der Waals surface area contributed by atoms with Gasteiger partial charge in [0.05, 0.1) is 12.0 Å². The fourth-order valence-electron chi connectivity index (χ4n) is 3.81. The molecule has 1 aliphatic rings. The second kappa shape index (κ2) is 9.20. The largest absolute Gasteiger partial charge is 0.354 e. The molecule has 0 aliphatic carbocycles. The van der Waals surface area contributed by atoms with Crippen molar-refractivity contribution >= 4 is 17.5 Å². The van der Waals surface area contributed by atoms with Gasteiger partial charge in [-0.1, -0.05) is 67.1 Å². The molecule has 1 N–H and O–H groups in total. The summed E-state index contributed by atoms with van der Waals surface area (Å²) in [5.41, 5.74) is 2.17. The van der Waals surface area contributed by atoms with E-state index >= 15 is 0 Å². The molecule has 2 aromatic rings. The molecule has 0 unspecified atom stereocenters. The molecule has 2 aromatic carbocycles. The van der Waals surface area contributed by atoms with Gasteiger partial charge < -0.3 is 5.32 Å². The van der Waals surface area contributed by atoms with Crippen molar-refractivity contribution in [3.63, 3.8) is 0 Å². The summed E-state index contributed by atoms with van der Waals surface area (Å²) in [7, 11) is 0. The first kappa shape index (κ1) is 18.9. The van der Waals surface area contributed by atoms with Crippen LogP contribution in [0.3, 0.4) is 0 Å². The Morgan fingerprint density at radius 3 is 2.38 bits per heavy atom. The van der Waals surface area contributed by atoms with Crippen molar-refractivity contribution in [3.8, 4) is 0 Å². The molecule has 0 aromatic heterocycles. The van der Waals surface area contributed by atoms with E-state index in [-0.39, 0.29) is 17.9 Å².